The van der Waals surface area contributed by atoms with Gasteiger partial charge in [0.15, 0.2) is 0 Å². The van der Waals surface area contributed by atoms with E-state index in [1.165, 1.54) is 21.9 Å². The summed E-state index contributed by atoms with van der Waals surface area (Å²) in [5.74, 6) is 0.913. The van der Waals surface area contributed by atoms with Crippen LogP contribution in [0.25, 0.3) is 10.8 Å². The van der Waals surface area contributed by atoms with Gasteiger partial charge in [0.2, 0.25) is 0 Å². The van der Waals surface area contributed by atoms with E-state index in [-0.39, 0.29) is 0 Å². The van der Waals surface area contributed by atoms with E-state index in [2.05, 4.69) is 66.5 Å². The van der Waals surface area contributed by atoms with Crippen LogP contribution in [0.2, 0.25) is 0 Å². The summed E-state index contributed by atoms with van der Waals surface area (Å²) in [5.41, 5.74) is 2.63. The maximum Gasteiger partial charge on any atom is 0.119 e. The van der Waals surface area contributed by atoms with Gasteiger partial charge in [-0.15, -0.1) is 0 Å². The van der Waals surface area contributed by atoms with Gasteiger partial charge in [-0.1, -0.05) is 54.6 Å². The minimum absolute atomic E-state index is 0.903. The topological polar surface area (TPSA) is 12.5 Å². The Bertz CT molecular complexity index is 761. The maximum absolute atomic E-state index is 5.29. The fourth-order valence-electron chi connectivity index (χ4n) is 2.86. The molecular formula is C20H21NO. The van der Waals surface area contributed by atoms with Crippen LogP contribution in [0.5, 0.6) is 5.75 Å². The van der Waals surface area contributed by atoms with Gasteiger partial charge in [0, 0.05) is 13.1 Å². The van der Waals surface area contributed by atoms with Crippen LogP contribution in [-0.2, 0) is 13.1 Å². The molecule has 0 unspecified atom stereocenters. The molecule has 0 amide bonds. The van der Waals surface area contributed by atoms with Crippen LogP contribution in [-0.4, -0.2) is 19.1 Å². The Morgan fingerprint density at radius 2 is 1.64 bits per heavy atom. The summed E-state index contributed by atoms with van der Waals surface area (Å²) < 4.78 is 5.29. The van der Waals surface area contributed by atoms with Gasteiger partial charge in [0.25, 0.3) is 0 Å². The van der Waals surface area contributed by atoms with Gasteiger partial charge in [-0.3, -0.25) is 4.90 Å². The molecule has 0 aliphatic carbocycles. The van der Waals surface area contributed by atoms with Crippen molar-refractivity contribution in [2.45, 2.75) is 13.1 Å². The Morgan fingerprint density at radius 3 is 2.50 bits per heavy atom. The highest BCUT2D eigenvalue weighted by atomic mass is 16.5. The molecule has 3 rings (SSSR count). The largest absolute Gasteiger partial charge is 0.497 e. The van der Waals surface area contributed by atoms with E-state index in [4.69, 9.17) is 4.74 Å². The molecule has 0 heterocycles. The van der Waals surface area contributed by atoms with Crippen molar-refractivity contribution in [3.05, 3.63) is 77.9 Å². The highest BCUT2D eigenvalue weighted by Crippen LogP contribution is 2.21. The van der Waals surface area contributed by atoms with Crippen molar-refractivity contribution >= 4 is 10.8 Å². The van der Waals surface area contributed by atoms with Crippen LogP contribution in [0.15, 0.2) is 66.7 Å². The average molecular weight is 291 g/mol. The minimum Gasteiger partial charge on any atom is -0.497 e. The molecule has 0 saturated carbocycles. The Balaban J connectivity index is 1.77. The lowest BCUT2D eigenvalue weighted by Gasteiger charge is -2.18. The second-order valence-electron chi connectivity index (χ2n) is 5.66. The molecule has 0 spiro atoms. The number of ether oxygens (including phenoxy) is 1. The molecule has 0 N–H and O–H groups in total. The average Bonchev–Trinajstić information content (AvgIpc) is 2.55. The van der Waals surface area contributed by atoms with E-state index in [0.29, 0.717) is 0 Å². The lowest BCUT2D eigenvalue weighted by atomic mass is 10.0. The van der Waals surface area contributed by atoms with E-state index < -0.39 is 0 Å². The van der Waals surface area contributed by atoms with Crippen molar-refractivity contribution in [1.29, 1.82) is 0 Å². The summed E-state index contributed by atoms with van der Waals surface area (Å²) in [4.78, 5) is 2.33. The van der Waals surface area contributed by atoms with Gasteiger partial charge in [0.05, 0.1) is 7.11 Å². The third kappa shape index (κ3) is 3.29. The van der Waals surface area contributed by atoms with E-state index in [1.54, 1.807) is 7.11 Å². The first-order chi connectivity index (χ1) is 10.8. The molecule has 0 aliphatic heterocycles. The van der Waals surface area contributed by atoms with Crippen LogP contribution >= 0.6 is 0 Å². The molecule has 0 aromatic heterocycles. The molecule has 22 heavy (non-hydrogen) atoms. The minimum atomic E-state index is 0.903. The van der Waals surface area contributed by atoms with Crippen molar-refractivity contribution in [2.24, 2.45) is 0 Å². The van der Waals surface area contributed by atoms with Crippen molar-refractivity contribution in [3.63, 3.8) is 0 Å². The lowest BCUT2D eigenvalue weighted by molar-refractivity contribution is 0.319. The molecular weight excluding hydrogens is 270 g/mol. The summed E-state index contributed by atoms with van der Waals surface area (Å²) in [7, 11) is 3.86. The first-order valence-corrected chi connectivity index (χ1v) is 7.54. The van der Waals surface area contributed by atoms with Crippen molar-refractivity contribution < 1.29 is 4.74 Å². The highest BCUT2D eigenvalue weighted by molar-refractivity contribution is 5.85. The molecule has 2 heteroatoms. The van der Waals surface area contributed by atoms with Crippen molar-refractivity contribution in [1.82, 2.24) is 4.90 Å². The Hall–Kier alpha value is -2.32. The van der Waals surface area contributed by atoms with Crippen LogP contribution in [0, 0.1) is 0 Å². The van der Waals surface area contributed by atoms with Gasteiger partial charge in [-0.2, -0.15) is 0 Å². The first-order valence-electron chi connectivity index (χ1n) is 7.54. The molecule has 0 atom stereocenters. The van der Waals surface area contributed by atoms with Crippen molar-refractivity contribution in [3.8, 4) is 5.75 Å². The number of hydrogen-bond donors (Lipinski definition) is 0. The number of hydrogen-bond acceptors (Lipinski definition) is 2. The highest BCUT2D eigenvalue weighted by Gasteiger charge is 2.06. The number of benzene rings is 3. The SMILES string of the molecule is COc1cccc(CN(C)Cc2cccc3ccccc23)c1. The molecule has 3 aromatic carbocycles. The monoisotopic (exact) mass is 291 g/mol. The molecule has 0 saturated heterocycles. The Labute approximate surface area is 132 Å². The lowest BCUT2D eigenvalue weighted by Crippen LogP contribution is -2.17. The zero-order valence-corrected chi connectivity index (χ0v) is 13.1. The molecule has 3 aromatic rings. The normalized spacial score (nSPS) is 11.0. The quantitative estimate of drug-likeness (QED) is 0.687. The van der Waals surface area contributed by atoms with Crippen LogP contribution < -0.4 is 4.74 Å². The second kappa shape index (κ2) is 6.63. The smallest absolute Gasteiger partial charge is 0.119 e. The summed E-state index contributed by atoms with van der Waals surface area (Å²) in [6.45, 7) is 1.83. The molecule has 0 aliphatic rings. The maximum atomic E-state index is 5.29. The summed E-state index contributed by atoms with van der Waals surface area (Å²) >= 11 is 0. The summed E-state index contributed by atoms with van der Waals surface area (Å²) in [6, 6.07) is 23.3. The number of fused-ring (bicyclic) bond motifs is 1. The first kappa shape index (κ1) is 14.6. The zero-order valence-electron chi connectivity index (χ0n) is 13.1. The van der Waals surface area contributed by atoms with E-state index in [0.717, 1.165) is 18.8 Å². The molecule has 2 nitrogen and oxygen atoms in total. The Morgan fingerprint density at radius 1 is 0.864 bits per heavy atom. The van der Waals surface area contributed by atoms with E-state index in [9.17, 15) is 0 Å². The standard InChI is InChI=1S/C20H21NO/c1-21(14-16-7-5-11-19(13-16)22-2)15-18-10-6-9-17-8-3-4-12-20(17)18/h3-13H,14-15H2,1-2H3. The summed E-state index contributed by atoms with van der Waals surface area (Å²) in [5, 5.41) is 2.64. The molecule has 0 bridgehead atoms. The van der Waals surface area contributed by atoms with Crippen LogP contribution in [0.1, 0.15) is 11.1 Å². The zero-order chi connectivity index (χ0) is 15.4. The number of nitrogens with zero attached hydrogens (tertiary/aromatic N) is 1. The van der Waals surface area contributed by atoms with Gasteiger partial charge >= 0.3 is 0 Å². The fourth-order valence-corrected chi connectivity index (χ4v) is 2.86. The predicted molar refractivity (Wildman–Crippen MR) is 92.1 cm³/mol. The number of rotatable bonds is 5. The molecule has 0 radical (unpaired) electrons. The van der Waals surface area contributed by atoms with E-state index in [1.807, 2.05) is 12.1 Å². The van der Waals surface area contributed by atoms with Gasteiger partial charge in [-0.25, -0.2) is 0 Å². The third-order valence-corrected chi connectivity index (χ3v) is 3.91. The van der Waals surface area contributed by atoms with Gasteiger partial charge < -0.3 is 4.74 Å². The molecule has 112 valence electrons. The fraction of sp³-hybridized carbons (Fsp3) is 0.200. The second-order valence-corrected chi connectivity index (χ2v) is 5.66. The predicted octanol–water partition coefficient (Wildman–Crippen LogP) is 4.48. The van der Waals surface area contributed by atoms with Crippen LogP contribution in [0.3, 0.4) is 0 Å². The van der Waals surface area contributed by atoms with Crippen molar-refractivity contribution in [2.75, 3.05) is 14.2 Å². The molecule has 0 fully saturated rings. The number of methoxy groups -OCH3 is 1. The van der Waals surface area contributed by atoms with Gasteiger partial charge in [0.1, 0.15) is 5.75 Å². The third-order valence-electron chi connectivity index (χ3n) is 3.91. The van der Waals surface area contributed by atoms with E-state index >= 15 is 0 Å². The Kier molecular flexibility index (Phi) is 4.40. The van der Waals surface area contributed by atoms with Crippen LogP contribution in [0.4, 0.5) is 0 Å². The van der Waals surface area contributed by atoms with Gasteiger partial charge in [-0.05, 0) is 41.1 Å². The summed E-state index contributed by atoms with van der Waals surface area (Å²) in [6.07, 6.45) is 0.